The molecule has 0 saturated heterocycles. The Labute approximate surface area is 113 Å². The molecule has 1 aromatic carbocycles. The lowest BCUT2D eigenvalue weighted by molar-refractivity contribution is -0.137. The highest BCUT2D eigenvalue weighted by Gasteiger charge is 2.32. The zero-order chi connectivity index (χ0) is 15.5. The summed E-state index contributed by atoms with van der Waals surface area (Å²) in [7, 11) is 0. The number of hydrogen-bond acceptors (Lipinski definition) is 2. The summed E-state index contributed by atoms with van der Waals surface area (Å²) >= 11 is 0. The molecule has 0 aliphatic heterocycles. The van der Waals surface area contributed by atoms with Crippen LogP contribution < -0.4 is 0 Å². The van der Waals surface area contributed by atoms with Gasteiger partial charge in [0.05, 0.1) is 17.2 Å². The largest absolute Gasteiger partial charge is 0.416 e. The van der Waals surface area contributed by atoms with Gasteiger partial charge in [-0.1, -0.05) is 0 Å². The fraction of sp³-hybridized carbons (Fsp3) is 0.385. The van der Waals surface area contributed by atoms with Crippen LogP contribution in [0.5, 0.6) is 0 Å². The predicted molar refractivity (Wildman–Crippen MR) is 63.2 cm³/mol. The second kappa shape index (κ2) is 5.90. The van der Waals surface area contributed by atoms with Gasteiger partial charge in [0.2, 0.25) is 0 Å². The van der Waals surface area contributed by atoms with Gasteiger partial charge in [0, 0.05) is 6.04 Å². The average Bonchev–Trinajstić information content (AvgIpc) is 2.34. The van der Waals surface area contributed by atoms with Crippen molar-refractivity contribution in [1.82, 2.24) is 4.90 Å². The highest BCUT2D eigenvalue weighted by atomic mass is 19.4. The van der Waals surface area contributed by atoms with E-state index in [0.717, 1.165) is 4.90 Å². The number of nitriles is 1. The minimum absolute atomic E-state index is 0.327. The molecule has 0 radical (unpaired) electrons. The Hall–Kier alpha value is -2.10. The van der Waals surface area contributed by atoms with Crippen LogP contribution in [0.2, 0.25) is 0 Å². The van der Waals surface area contributed by atoms with E-state index in [1.807, 2.05) is 0 Å². The van der Waals surface area contributed by atoms with Gasteiger partial charge >= 0.3 is 6.18 Å². The molecule has 1 rings (SSSR count). The number of carbonyl (C=O) groups excluding carboxylic acids is 1. The van der Waals surface area contributed by atoms with Crippen LogP contribution in [-0.4, -0.2) is 23.4 Å². The van der Waals surface area contributed by atoms with Gasteiger partial charge in [-0.3, -0.25) is 4.79 Å². The van der Waals surface area contributed by atoms with Crippen LogP contribution in [0.3, 0.4) is 0 Å². The second-order valence-corrected chi connectivity index (χ2v) is 4.38. The maximum Gasteiger partial charge on any atom is 0.416 e. The maximum atomic E-state index is 13.6. The SMILES string of the molecule is CC(C)N(CC#N)C(=O)c1cc(C(F)(F)F)ccc1F. The summed E-state index contributed by atoms with van der Waals surface area (Å²) in [6, 6.07) is 2.92. The third kappa shape index (κ3) is 3.47. The molecule has 0 N–H and O–H groups in total. The van der Waals surface area contributed by atoms with Crippen LogP contribution >= 0.6 is 0 Å². The van der Waals surface area contributed by atoms with Gasteiger partial charge in [-0.15, -0.1) is 0 Å². The van der Waals surface area contributed by atoms with Crippen LogP contribution in [-0.2, 0) is 6.18 Å². The molecule has 0 aliphatic carbocycles. The molecule has 1 aromatic rings. The van der Waals surface area contributed by atoms with E-state index in [9.17, 15) is 22.4 Å². The van der Waals surface area contributed by atoms with Crippen LogP contribution in [0.25, 0.3) is 0 Å². The number of hydrogen-bond donors (Lipinski definition) is 0. The quantitative estimate of drug-likeness (QED) is 0.633. The first-order valence-corrected chi connectivity index (χ1v) is 5.73. The number of benzene rings is 1. The third-order valence-electron chi connectivity index (χ3n) is 2.65. The molecule has 3 nitrogen and oxygen atoms in total. The number of halogens is 4. The number of rotatable bonds is 3. The Balaban J connectivity index is 3.24. The minimum Gasteiger partial charge on any atom is -0.323 e. The molecule has 0 saturated carbocycles. The molecular formula is C13H12F4N2O. The summed E-state index contributed by atoms with van der Waals surface area (Å²) in [5.74, 6) is -1.99. The van der Waals surface area contributed by atoms with Gasteiger partial charge in [-0.25, -0.2) is 4.39 Å². The van der Waals surface area contributed by atoms with Crippen LogP contribution in [0.1, 0.15) is 29.8 Å². The Morgan fingerprint density at radius 3 is 2.45 bits per heavy atom. The molecule has 0 fully saturated rings. The molecule has 0 heterocycles. The first-order chi connectivity index (χ1) is 9.18. The third-order valence-corrected chi connectivity index (χ3v) is 2.65. The van der Waals surface area contributed by atoms with E-state index in [1.54, 1.807) is 19.9 Å². The summed E-state index contributed by atoms with van der Waals surface area (Å²) in [4.78, 5) is 13.0. The Bertz CT molecular complexity index is 546. The normalized spacial score (nSPS) is 11.3. The maximum absolute atomic E-state index is 13.6. The average molecular weight is 288 g/mol. The molecule has 0 aromatic heterocycles. The number of nitrogens with zero attached hydrogens (tertiary/aromatic N) is 2. The van der Waals surface area contributed by atoms with Crippen molar-refractivity contribution in [1.29, 1.82) is 5.26 Å². The number of amides is 1. The summed E-state index contributed by atoms with van der Waals surface area (Å²) < 4.78 is 51.3. The smallest absolute Gasteiger partial charge is 0.323 e. The van der Waals surface area contributed by atoms with Crippen LogP contribution in [0, 0.1) is 17.1 Å². The number of carbonyl (C=O) groups is 1. The lowest BCUT2D eigenvalue weighted by Crippen LogP contribution is -2.37. The first-order valence-electron chi connectivity index (χ1n) is 5.73. The van der Waals surface area contributed by atoms with E-state index >= 15 is 0 Å². The molecule has 0 bridgehead atoms. The van der Waals surface area contributed by atoms with Crippen molar-refractivity contribution in [2.24, 2.45) is 0 Å². The van der Waals surface area contributed by atoms with Crippen molar-refractivity contribution < 1.29 is 22.4 Å². The molecule has 0 aliphatic rings. The van der Waals surface area contributed by atoms with Gasteiger partial charge in [-0.05, 0) is 32.0 Å². The zero-order valence-corrected chi connectivity index (χ0v) is 10.8. The Kier molecular flexibility index (Phi) is 4.71. The number of alkyl halides is 3. The van der Waals surface area contributed by atoms with E-state index < -0.39 is 35.1 Å². The molecule has 0 atom stereocenters. The van der Waals surface area contributed by atoms with Crippen molar-refractivity contribution in [3.05, 3.63) is 35.1 Å². The minimum atomic E-state index is -4.67. The van der Waals surface area contributed by atoms with Crippen LogP contribution in [0.15, 0.2) is 18.2 Å². The first kappa shape index (κ1) is 16.0. The topological polar surface area (TPSA) is 44.1 Å². The highest BCUT2D eigenvalue weighted by molar-refractivity contribution is 5.95. The summed E-state index contributed by atoms with van der Waals surface area (Å²) in [6.07, 6.45) is -4.67. The summed E-state index contributed by atoms with van der Waals surface area (Å²) in [5.41, 5.74) is -1.80. The van der Waals surface area contributed by atoms with Gasteiger partial charge < -0.3 is 4.90 Å². The van der Waals surface area contributed by atoms with E-state index in [-0.39, 0.29) is 6.54 Å². The zero-order valence-electron chi connectivity index (χ0n) is 10.8. The molecule has 7 heteroatoms. The van der Waals surface area contributed by atoms with E-state index in [1.165, 1.54) is 0 Å². The van der Waals surface area contributed by atoms with Crippen LogP contribution in [0.4, 0.5) is 17.6 Å². The lowest BCUT2D eigenvalue weighted by Gasteiger charge is -2.24. The molecular weight excluding hydrogens is 276 g/mol. The molecule has 0 unspecified atom stereocenters. The Morgan fingerprint density at radius 2 is 2.00 bits per heavy atom. The molecule has 0 spiro atoms. The van der Waals surface area contributed by atoms with E-state index in [4.69, 9.17) is 5.26 Å². The fourth-order valence-electron chi connectivity index (χ4n) is 1.59. The van der Waals surface area contributed by atoms with Crippen molar-refractivity contribution >= 4 is 5.91 Å². The highest BCUT2D eigenvalue weighted by Crippen LogP contribution is 2.30. The standard InChI is InChI=1S/C13H12F4N2O/c1-8(2)19(6-5-18)12(20)10-7-9(13(15,16)17)3-4-11(10)14/h3-4,7-8H,6H2,1-2H3. The fourth-order valence-corrected chi connectivity index (χ4v) is 1.59. The Morgan fingerprint density at radius 1 is 1.40 bits per heavy atom. The van der Waals surface area contributed by atoms with Crippen molar-refractivity contribution in [2.75, 3.05) is 6.54 Å². The molecule has 1 amide bonds. The van der Waals surface area contributed by atoms with E-state index in [0.29, 0.717) is 18.2 Å². The van der Waals surface area contributed by atoms with Gasteiger partial charge in [0.1, 0.15) is 12.4 Å². The molecule has 108 valence electrons. The summed E-state index contributed by atoms with van der Waals surface area (Å²) in [5, 5.41) is 8.62. The van der Waals surface area contributed by atoms with Crippen molar-refractivity contribution in [3.63, 3.8) is 0 Å². The van der Waals surface area contributed by atoms with Crippen molar-refractivity contribution in [2.45, 2.75) is 26.1 Å². The van der Waals surface area contributed by atoms with Gasteiger partial charge in [-0.2, -0.15) is 18.4 Å². The van der Waals surface area contributed by atoms with Crippen molar-refractivity contribution in [3.8, 4) is 6.07 Å². The van der Waals surface area contributed by atoms with Gasteiger partial charge in [0.25, 0.3) is 5.91 Å². The second-order valence-electron chi connectivity index (χ2n) is 4.38. The monoisotopic (exact) mass is 288 g/mol. The predicted octanol–water partition coefficient (Wildman–Crippen LogP) is 3.22. The lowest BCUT2D eigenvalue weighted by atomic mass is 10.1. The van der Waals surface area contributed by atoms with E-state index in [2.05, 4.69) is 0 Å². The summed E-state index contributed by atoms with van der Waals surface area (Å²) in [6.45, 7) is 2.84. The van der Waals surface area contributed by atoms with Gasteiger partial charge in [0.15, 0.2) is 0 Å². The molecule has 20 heavy (non-hydrogen) atoms.